The van der Waals surface area contributed by atoms with Crippen LogP contribution < -0.4 is 10.2 Å². The SMILES string of the molecule is Cc1nc(C(=O)N(C)C)nc(N2CC[C@@H](NCc3cn[nH]c3C)C2)c1C. The van der Waals surface area contributed by atoms with Gasteiger partial charge in [0.2, 0.25) is 5.82 Å². The van der Waals surface area contributed by atoms with Crippen LogP contribution in [0.2, 0.25) is 0 Å². The maximum Gasteiger partial charge on any atom is 0.291 e. The molecule has 2 aromatic heterocycles. The Hall–Kier alpha value is -2.48. The predicted molar refractivity (Wildman–Crippen MR) is 100 cm³/mol. The number of carbonyl (C=O) groups excluding carboxylic acids is 1. The van der Waals surface area contributed by atoms with Crippen molar-refractivity contribution in [3.8, 4) is 0 Å². The molecule has 2 N–H and O–H groups in total. The first-order valence-corrected chi connectivity index (χ1v) is 8.91. The van der Waals surface area contributed by atoms with Crippen molar-refractivity contribution in [2.24, 2.45) is 0 Å². The lowest BCUT2D eigenvalue weighted by Gasteiger charge is -2.22. The summed E-state index contributed by atoms with van der Waals surface area (Å²) < 4.78 is 0. The van der Waals surface area contributed by atoms with E-state index in [1.807, 2.05) is 27.0 Å². The lowest BCUT2D eigenvalue weighted by Crippen LogP contribution is -2.33. The smallest absolute Gasteiger partial charge is 0.291 e. The number of rotatable bonds is 5. The van der Waals surface area contributed by atoms with E-state index in [0.29, 0.717) is 6.04 Å². The molecule has 1 atom stereocenters. The number of H-pyrrole nitrogens is 1. The minimum Gasteiger partial charge on any atom is -0.355 e. The molecular weight excluding hydrogens is 330 g/mol. The van der Waals surface area contributed by atoms with Gasteiger partial charge in [0.1, 0.15) is 5.82 Å². The largest absolute Gasteiger partial charge is 0.355 e. The molecule has 1 saturated heterocycles. The average Bonchev–Trinajstić information content (AvgIpc) is 3.23. The van der Waals surface area contributed by atoms with Crippen LogP contribution in [-0.2, 0) is 6.54 Å². The summed E-state index contributed by atoms with van der Waals surface area (Å²) in [4.78, 5) is 25.0. The Kier molecular flexibility index (Phi) is 5.22. The fourth-order valence-electron chi connectivity index (χ4n) is 3.14. The van der Waals surface area contributed by atoms with Gasteiger partial charge in [-0.05, 0) is 27.2 Å². The van der Waals surface area contributed by atoms with Gasteiger partial charge >= 0.3 is 0 Å². The molecule has 8 nitrogen and oxygen atoms in total. The van der Waals surface area contributed by atoms with Crippen molar-refractivity contribution in [2.75, 3.05) is 32.1 Å². The second-order valence-corrected chi connectivity index (χ2v) is 7.11. The summed E-state index contributed by atoms with van der Waals surface area (Å²) in [7, 11) is 3.43. The maximum absolute atomic E-state index is 12.3. The summed E-state index contributed by atoms with van der Waals surface area (Å²) >= 11 is 0. The van der Waals surface area contributed by atoms with Gasteiger partial charge in [-0.1, -0.05) is 0 Å². The molecule has 0 aromatic carbocycles. The molecule has 3 heterocycles. The molecular formula is C18H27N7O. The number of amides is 1. The van der Waals surface area contributed by atoms with Crippen LogP contribution in [0.25, 0.3) is 0 Å². The van der Waals surface area contributed by atoms with Crippen LogP contribution in [-0.4, -0.2) is 64.2 Å². The molecule has 3 rings (SSSR count). The van der Waals surface area contributed by atoms with E-state index in [2.05, 4.69) is 30.4 Å². The van der Waals surface area contributed by atoms with Crippen LogP contribution in [0.15, 0.2) is 6.20 Å². The molecule has 2 aromatic rings. The molecule has 0 bridgehead atoms. The fourth-order valence-corrected chi connectivity index (χ4v) is 3.14. The zero-order valence-electron chi connectivity index (χ0n) is 16.1. The molecule has 1 aliphatic rings. The summed E-state index contributed by atoms with van der Waals surface area (Å²) in [6.07, 6.45) is 2.91. The van der Waals surface area contributed by atoms with Gasteiger partial charge < -0.3 is 15.1 Å². The summed E-state index contributed by atoms with van der Waals surface area (Å²) in [5.74, 6) is 0.962. The Bertz CT molecular complexity index is 799. The Morgan fingerprint density at radius 3 is 2.77 bits per heavy atom. The predicted octanol–water partition coefficient (Wildman–Crippen LogP) is 1.20. The van der Waals surface area contributed by atoms with Crippen LogP contribution in [0.4, 0.5) is 5.82 Å². The van der Waals surface area contributed by atoms with E-state index in [1.54, 1.807) is 14.1 Å². The molecule has 0 aliphatic carbocycles. The lowest BCUT2D eigenvalue weighted by atomic mass is 10.2. The van der Waals surface area contributed by atoms with Crippen molar-refractivity contribution >= 4 is 11.7 Å². The van der Waals surface area contributed by atoms with Crippen LogP contribution in [0.1, 0.15) is 39.6 Å². The van der Waals surface area contributed by atoms with E-state index in [4.69, 9.17) is 0 Å². The average molecular weight is 357 g/mol. The Balaban J connectivity index is 1.71. The molecule has 1 aliphatic heterocycles. The highest BCUT2D eigenvalue weighted by Crippen LogP contribution is 2.24. The normalized spacial score (nSPS) is 17.0. The summed E-state index contributed by atoms with van der Waals surface area (Å²) in [6.45, 7) is 8.55. The first-order chi connectivity index (χ1) is 12.4. The number of carbonyl (C=O) groups is 1. The highest BCUT2D eigenvalue weighted by Gasteiger charge is 2.26. The molecule has 1 fully saturated rings. The highest BCUT2D eigenvalue weighted by atomic mass is 16.2. The van der Waals surface area contributed by atoms with E-state index in [0.717, 1.165) is 48.8 Å². The number of aromatic amines is 1. The zero-order valence-corrected chi connectivity index (χ0v) is 16.1. The minimum atomic E-state index is -0.168. The lowest BCUT2D eigenvalue weighted by molar-refractivity contribution is 0.0815. The van der Waals surface area contributed by atoms with Crippen LogP contribution >= 0.6 is 0 Å². The van der Waals surface area contributed by atoms with E-state index in [9.17, 15) is 4.79 Å². The topological polar surface area (TPSA) is 90.0 Å². The Labute approximate surface area is 154 Å². The second kappa shape index (κ2) is 7.41. The van der Waals surface area contributed by atoms with Gasteiger partial charge in [0.15, 0.2) is 0 Å². The van der Waals surface area contributed by atoms with E-state index >= 15 is 0 Å². The Morgan fingerprint density at radius 1 is 1.35 bits per heavy atom. The summed E-state index contributed by atoms with van der Waals surface area (Å²) in [5, 5.41) is 10.6. The maximum atomic E-state index is 12.3. The first kappa shape index (κ1) is 18.3. The molecule has 1 amide bonds. The number of aryl methyl sites for hydroxylation is 2. The third-order valence-corrected chi connectivity index (χ3v) is 4.96. The molecule has 0 radical (unpaired) electrons. The zero-order chi connectivity index (χ0) is 18.8. The van der Waals surface area contributed by atoms with Crippen LogP contribution in [0.5, 0.6) is 0 Å². The van der Waals surface area contributed by atoms with Gasteiger partial charge in [0, 0.05) is 62.3 Å². The number of hydrogen-bond donors (Lipinski definition) is 2. The van der Waals surface area contributed by atoms with Gasteiger partial charge in [0.05, 0.1) is 6.20 Å². The van der Waals surface area contributed by atoms with Gasteiger partial charge in [-0.25, -0.2) is 9.97 Å². The van der Waals surface area contributed by atoms with E-state index in [-0.39, 0.29) is 11.7 Å². The van der Waals surface area contributed by atoms with Gasteiger partial charge in [-0.2, -0.15) is 5.10 Å². The van der Waals surface area contributed by atoms with Crippen molar-refractivity contribution in [3.63, 3.8) is 0 Å². The van der Waals surface area contributed by atoms with Crippen LogP contribution in [0, 0.1) is 20.8 Å². The van der Waals surface area contributed by atoms with Crippen LogP contribution in [0.3, 0.4) is 0 Å². The number of hydrogen-bond acceptors (Lipinski definition) is 6. The van der Waals surface area contributed by atoms with Crippen molar-refractivity contribution in [1.29, 1.82) is 0 Å². The van der Waals surface area contributed by atoms with Crippen molar-refractivity contribution in [1.82, 2.24) is 30.4 Å². The standard InChI is InChI=1S/C18H27N7O/c1-11-12(2)21-16(18(26)24(4)5)22-17(11)25-7-6-15(10-25)19-8-14-9-20-23-13(14)3/h9,15,19H,6-8,10H2,1-5H3,(H,20,23)/t15-/m1/s1. The monoisotopic (exact) mass is 357 g/mol. The quantitative estimate of drug-likeness (QED) is 0.836. The molecule has 8 heteroatoms. The minimum absolute atomic E-state index is 0.168. The number of nitrogens with one attached hydrogen (secondary N) is 2. The number of anilines is 1. The van der Waals surface area contributed by atoms with E-state index in [1.165, 1.54) is 10.5 Å². The third-order valence-electron chi connectivity index (χ3n) is 4.96. The molecule has 0 saturated carbocycles. The highest BCUT2D eigenvalue weighted by molar-refractivity contribution is 5.90. The van der Waals surface area contributed by atoms with Gasteiger partial charge in [-0.3, -0.25) is 9.89 Å². The van der Waals surface area contributed by atoms with Gasteiger partial charge in [0.25, 0.3) is 5.91 Å². The van der Waals surface area contributed by atoms with Gasteiger partial charge in [-0.15, -0.1) is 0 Å². The van der Waals surface area contributed by atoms with Crippen molar-refractivity contribution in [2.45, 2.75) is 39.8 Å². The molecule has 0 spiro atoms. The summed E-state index contributed by atoms with van der Waals surface area (Å²) in [5.41, 5.74) is 4.18. The summed E-state index contributed by atoms with van der Waals surface area (Å²) in [6, 6.07) is 0.381. The molecule has 140 valence electrons. The Morgan fingerprint density at radius 2 is 2.12 bits per heavy atom. The van der Waals surface area contributed by atoms with Crippen molar-refractivity contribution in [3.05, 3.63) is 34.5 Å². The van der Waals surface area contributed by atoms with Crippen molar-refractivity contribution < 1.29 is 4.79 Å². The fraction of sp³-hybridized carbons (Fsp3) is 0.556. The number of aromatic nitrogens is 4. The molecule has 26 heavy (non-hydrogen) atoms. The van der Waals surface area contributed by atoms with E-state index < -0.39 is 0 Å². The third kappa shape index (κ3) is 3.70. The molecule has 0 unspecified atom stereocenters. The number of nitrogens with zero attached hydrogens (tertiary/aromatic N) is 5. The second-order valence-electron chi connectivity index (χ2n) is 7.11. The first-order valence-electron chi connectivity index (χ1n) is 8.91.